The Morgan fingerprint density at radius 2 is 2.50 bits per heavy atom. The first kappa shape index (κ1) is 8.97. The largest absolute Gasteiger partial charge is 0.466 e. The lowest BCUT2D eigenvalue weighted by Crippen LogP contribution is -2.22. The number of ether oxygens (including phenoxy) is 1. The lowest BCUT2D eigenvalue weighted by Gasteiger charge is -2.14. The van der Waals surface area contributed by atoms with Gasteiger partial charge < -0.3 is 4.74 Å². The van der Waals surface area contributed by atoms with Crippen LogP contribution in [0.25, 0.3) is 0 Å². The van der Waals surface area contributed by atoms with Crippen molar-refractivity contribution in [3.8, 4) is 0 Å². The van der Waals surface area contributed by atoms with Crippen LogP contribution in [0.4, 0.5) is 0 Å². The highest BCUT2D eigenvalue weighted by molar-refractivity contribution is 5.93. The van der Waals surface area contributed by atoms with Crippen molar-refractivity contribution in [2.24, 2.45) is 5.92 Å². The highest BCUT2D eigenvalue weighted by Gasteiger charge is 2.23. The van der Waals surface area contributed by atoms with E-state index in [2.05, 4.69) is 0 Å². The van der Waals surface area contributed by atoms with Crippen LogP contribution in [0.15, 0.2) is 12.2 Å². The van der Waals surface area contributed by atoms with Gasteiger partial charge in [-0.3, -0.25) is 9.59 Å². The molecule has 66 valence electrons. The zero-order chi connectivity index (χ0) is 8.97. The van der Waals surface area contributed by atoms with E-state index in [1.54, 1.807) is 13.0 Å². The third-order valence-electron chi connectivity index (χ3n) is 1.79. The van der Waals surface area contributed by atoms with Gasteiger partial charge in [0.25, 0.3) is 0 Å². The van der Waals surface area contributed by atoms with E-state index in [4.69, 9.17) is 4.74 Å². The monoisotopic (exact) mass is 168 g/mol. The van der Waals surface area contributed by atoms with E-state index in [-0.39, 0.29) is 17.7 Å². The number of hydrogen-bond donors (Lipinski definition) is 0. The summed E-state index contributed by atoms with van der Waals surface area (Å²) in [5, 5.41) is 0. The van der Waals surface area contributed by atoms with Crippen LogP contribution in [0.1, 0.15) is 19.8 Å². The lowest BCUT2D eigenvalue weighted by molar-refractivity contribution is -0.149. The van der Waals surface area contributed by atoms with E-state index >= 15 is 0 Å². The third-order valence-corrected chi connectivity index (χ3v) is 1.79. The maximum atomic E-state index is 11.1. The van der Waals surface area contributed by atoms with Crippen molar-refractivity contribution in [2.45, 2.75) is 19.8 Å². The minimum absolute atomic E-state index is 0.0132. The molecule has 0 aromatic rings. The summed E-state index contributed by atoms with van der Waals surface area (Å²) in [6, 6.07) is 0. The third kappa shape index (κ3) is 2.19. The minimum atomic E-state index is -0.254. The minimum Gasteiger partial charge on any atom is -0.466 e. The zero-order valence-electron chi connectivity index (χ0n) is 7.08. The van der Waals surface area contributed by atoms with Gasteiger partial charge in [-0.05, 0) is 19.4 Å². The van der Waals surface area contributed by atoms with Gasteiger partial charge in [-0.2, -0.15) is 0 Å². The molecule has 0 amide bonds. The Labute approximate surface area is 71.4 Å². The Hall–Kier alpha value is -1.12. The summed E-state index contributed by atoms with van der Waals surface area (Å²) in [7, 11) is 0. The summed E-state index contributed by atoms with van der Waals surface area (Å²) < 4.78 is 4.80. The van der Waals surface area contributed by atoms with Gasteiger partial charge in [0.15, 0.2) is 5.78 Å². The second-order valence-corrected chi connectivity index (χ2v) is 2.76. The van der Waals surface area contributed by atoms with Gasteiger partial charge in [0.1, 0.15) is 0 Å². The molecule has 1 unspecified atom stereocenters. The van der Waals surface area contributed by atoms with Crippen LogP contribution in [0.5, 0.6) is 0 Å². The molecule has 12 heavy (non-hydrogen) atoms. The van der Waals surface area contributed by atoms with Crippen LogP contribution in [0.3, 0.4) is 0 Å². The molecule has 0 heterocycles. The first-order valence-electron chi connectivity index (χ1n) is 4.10. The molecule has 1 rings (SSSR count). The fraction of sp³-hybridized carbons (Fsp3) is 0.556. The quantitative estimate of drug-likeness (QED) is 0.579. The average molecular weight is 168 g/mol. The summed E-state index contributed by atoms with van der Waals surface area (Å²) in [5.74, 6) is -0.489. The van der Waals surface area contributed by atoms with Crippen molar-refractivity contribution in [1.29, 1.82) is 0 Å². The zero-order valence-corrected chi connectivity index (χ0v) is 7.08. The molecular formula is C9H12O3. The number of carbonyl (C=O) groups excluding carboxylic acids is 2. The van der Waals surface area contributed by atoms with Crippen LogP contribution in [0.2, 0.25) is 0 Å². The summed E-state index contributed by atoms with van der Waals surface area (Å²) >= 11 is 0. The van der Waals surface area contributed by atoms with Gasteiger partial charge in [0.05, 0.1) is 12.5 Å². The van der Waals surface area contributed by atoms with Crippen molar-refractivity contribution in [3.05, 3.63) is 12.2 Å². The molecule has 0 bridgehead atoms. The standard InChI is InChI=1S/C9H12O3/c1-2-12-9(11)7-4-3-5-8(10)6-7/h3,5,7H,2,4,6H2,1H3. The molecular weight excluding hydrogens is 156 g/mol. The topological polar surface area (TPSA) is 43.4 Å². The normalized spacial score (nSPS) is 22.4. The number of allylic oxidation sites excluding steroid dienone is 2. The van der Waals surface area contributed by atoms with E-state index in [0.717, 1.165) is 0 Å². The van der Waals surface area contributed by atoms with E-state index in [0.29, 0.717) is 19.4 Å². The number of hydrogen-bond acceptors (Lipinski definition) is 3. The predicted octanol–water partition coefficient (Wildman–Crippen LogP) is 1.08. The molecule has 1 atom stereocenters. The maximum Gasteiger partial charge on any atom is 0.309 e. The highest BCUT2D eigenvalue weighted by Crippen LogP contribution is 2.17. The Morgan fingerprint density at radius 1 is 1.75 bits per heavy atom. The molecule has 3 heteroatoms. The predicted molar refractivity (Wildman–Crippen MR) is 43.5 cm³/mol. The molecule has 0 aromatic carbocycles. The second kappa shape index (κ2) is 4.04. The molecule has 0 saturated carbocycles. The van der Waals surface area contributed by atoms with Crippen LogP contribution in [-0.2, 0) is 14.3 Å². The van der Waals surface area contributed by atoms with E-state index < -0.39 is 0 Å². The number of carbonyl (C=O) groups is 2. The average Bonchev–Trinajstić information content (AvgIpc) is 2.05. The second-order valence-electron chi connectivity index (χ2n) is 2.76. The van der Waals surface area contributed by atoms with Gasteiger partial charge >= 0.3 is 5.97 Å². The number of ketones is 1. The van der Waals surface area contributed by atoms with Crippen LogP contribution in [0, 0.1) is 5.92 Å². The summed E-state index contributed by atoms with van der Waals surface area (Å²) in [6.07, 6.45) is 4.18. The molecule has 0 aromatic heterocycles. The first-order valence-corrected chi connectivity index (χ1v) is 4.10. The summed E-state index contributed by atoms with van der Waals surface area (Å²) in [6.45, 7) is 2.14. The van der Waals surface area contributed by atoms with E-state index in [9.17, 15) is 9.59 Å². The van der Waals surface area contributed by atoms with Crippen molar-refractivity contribution < 1.29 is 14.3 Å². The van der Waals surface area contributed by atoms with Crippen LogP contribution < -0.4 is 0 Å². The van der Waals surface area contributed by atoms with Gasteiger partial charge in [0, 0.05) is 6.42 Å². The SMILES string of the molecule is CCOC(=O)C1CC=CC(=O)C1. The molecule has 0 radical (unpaired) electrons. The Morgan fingerprint density at radius 3 is 3.08 bits per heavy atom. The number of esters is 1. The van der Waals surface area contributed by atoms with Crippen molar-refractivity contribution in [2.75, 3.05) is 6.61 Å². The summed E-state index contributed by atoms with van der Waals surface area (Å²) in [4.78, 5) is 22.0. The van der Waals surface area contributed by atoms with E-state index in [1.807, 2.05) is 0 Å². The smallest absolute Gasteiger partial charge is 0.309 e. The lowest BCUT2D eigenvalue weighted by atomic mass is 9.94. The molecule has 0 saturated heterocycles. The van der Waals surface area contributed by atoms with Gasteiger partial charge in [0.2, 0.25) is 0 Å². The van der Waals surface area contributed by atoms with E-state index in [1.165, 1.54) is 6.08 Å². The molecule has 0 N–H and O–H groups in total. The molecule has 3 nitrogen and oxygen atoms in total. The number of rotatable bonds is 2. The fourth-order valence-electron chi connectivity index (χ4n) is 1.20. The molecule has 1 aliphatic rings. The Kier molecular flexibility index (Phi) is 3.02. The molecule has 0 fully saturated rings. The van der Waals surface area contributed by atoms with Crippen molar-refractivity contribution >= 4 is 11.8 Å². The maximum absolute atomic E-state index is 11.1. The van der Waals surface area contributed by atoms with Gasteiger partial charge in [-0.25, -0.2) is 0 Å². The van der Waals surface area contributed by atoms with Crippen LogP contribution in [-0.4, -0.2) is 18.4 Å². The molecule has 1 aliphatic carbocycles. The first-order chi connectivity index (χ1) is 5.74. The van der Waals surface area contributed by atoms with Crippen LogP contribution >= 0.6 is 0 Å². The van der Waals surface area contributed by atoms with Gasteiger partial charge in [-0.15, -0.1) is 0 Å². The van der Waals surface area contributed by atoms with Gasteiger partial charge in [-0.1, -0.05) is 6.08 Å². The Bertz CT molecular complexity index is 218. The van der Waals surface area contributed by atoms with Crippen molar-refractivity contribution in [3.63, 3.8) is 0 Å². The molecule has 0 aliphatic heterocycles. The Balaban J connectivity index is 2.48. The van der Waals surface area contributed by atoms with Crippen molar-refractivity contribution in [1.82, 2.24) is 0 Å². The fourth-order valence-corrected chi connectivity index (χ4v) is 1.20. The highest BCUT2D eigenvalue weighted by atomic mass is 16.5. The molecule has 0 spiro atoms. The summed E-state index contributed by atoms with van der Waals surface area (Å²) in [5.41, 5.74) is 0.